The second-order valence-electron chi connectivity index (χ2n) is 7.58. The van der Waals surface area contributed by atoms with E-state index in [-0.39, 0.29) is 16.8 Å². The molecule has 1 aromatic heterocycles. The third-order valence-corrected chi connectivity index (χ3v) is 6.44. The van der Waals surface area contributed by atoms with Crippen LogP contribution in [0.5, 0.6) is 0 Å². The van der Waals surface area contributed by atoms with Crippen LogP contribution in [0.15, 0.2) is 29.2 Å². The normalized spacial score (nSPS) is 16.5. The summed E-state index contributed by atoms with van der Waals surface area (Å²) in [6.07, 6.45) is 4.31. The van der Waals surface area contributed by atoms with E-state index >= 15 is 0 Å². The zero-order valence-corrected chi connectivity index (χ0v) is 18.2. The minimum absolute atomic E-state index is 0.0442. The van der Waals surface area contributed by atoms with Crippen LogP contribution in [0.4, 0.5) is 23.5 Å². The van der Waals surface area contributed by atoms with Crippen LogP contribution in [-0.4, -0.2) is 55.5 Å². The second kappa shape index (κ2) is 9.02. The molecule has 166 valence electrons. The molecule has 3 N–H and O–H groups in total. The Hall–Kier alpha value is -2.99. The van der Waals surface area contributed by atoms with Crippen LogP contribution in [-0.2, 0) is 14.8 Å². The number of carbonyl (C=O) groups is 1. The van der Waals surface area contributed by atoms with Gasteiger partial charge in [-0.3, -0.25) is 10.2 Å². The third kappa shape index (κ3) is 5.20. The maximum Gasteiger partial charge on any atom is 0.257 e. The molecule has 0 unspecified atom stereocenters. The number of sulfonamides is 1. The fourth-order valence-corrected chi connectivity index (χ4v) is 4.46. The van der Waals surface area contributed by atoms with E-state index in [9.17, 15) is 13.2 Å². The number of carbonyl (C=O) groups excluding carboxylic acids is 1. The van der Waals surface area contributed by atoms with Gasteiger partial charge in [0.05, 0.1) is 4.90 Å². The predicted molar refractivity (Wildman–Crippen MR) is 117 cm³/mol. The Morgan fingerprint density at radius 3 is 1.87 bits per heavy atom. The summed E-state index contributed by atoms with van der Waals surface area (Å²) in [5.41, 5.74) is 3.15. The summed E-state index contributed by atoms with van der Waals surface area (Å²) in [5.74, 6) is 1.02. The number of hydrazine groups is 1. The number of rotatable bonds is 7. The van der Waals surface area contributed by atoms with Crippen molar-refractivity contribution in [2.24, 2.45) is 0 Å². The second-order valence-corrected chi connectivity index (χ2v) is 9.27. The summed E-state index contributed by atoms with van der Waals surface area (Å²) in [5, 5.41) is 2.60. The minimum atomic E-state index is -3.87. The molecule has 12 heteroatoms. The molecule has 0 saturated carbocycles. The number of amides is 1. The monoisotopic (exact) mass is 446 g/mol. The number of aromatic nitrogens is 3. The number of hydrogen-bond acceptors (Lipinski definition) is 9. The molecule has 2 saturated heterocycles. The highest BCUT2D eigenvalue weighted by Gasteiger charge is 2.22. The lowest BCUT2D eigenvalue weighted by molar-refractivity contribution is -0.114. The third-order valence-electron chi connectivity index (χ3n) is 5.17. The maximum atomic E-state index is 12.7. The Kier molecular flexibility index (Phi) is 6.18. The number of hydrogen-bond donors (Lipinski definition) is 3. The topological polar surface area (TPSA) is 132 Å². The zero-order valence-electron chi connectivity index (χ0n) is 17.3. The largest absolute Gasteiger partial charge is 0.341 e. The highest BCUT2D eigenvalue weighted by Crippen LogP contribution is 2.23. The quantitative estimate of drug-likeness (QED) is 0.539. The molecular weight excluding hydrogens is 420 g/mol. The van der Waals surface area contributed by atoms with Gasteiger partial charge in [-0.05, 0) is 49.9 Å². The first-order chi connectivity index (χ1) is 14.9. The van der Waals surface area contributed by atoms with Gasteiger partial charge in [0.15, 0.2) is 0 Å². The van der Waals surface area contributed by atoms with E-state index in [1.54, 1.807) is 0 Å². The molecule has 4 rings (SSSR count). The number of anilines is 4. The number of benzene rings is 1. The Morgan fingerprint density at radius 1 is 0.871 bits per heavy atom. The van der Waals surface area contributed by atoms with Gasteiger partial charge in [-0.15, -0.1) is 4.83 Å². The molecule has 0 spiro atoms. The molecule has 2 aromatic rings. The van der Waals surface area contributed by atoms with Gasteiger partial charge in [-0.1, -0.05) is 0 Å². The Labute approximate surface area is 181 Å². The fraction of sp³-hybridized carbons (Fsp3) is 0.474. The van der Waals surface area contributed by atoms with Crippen molar-refractivity contribution < 1.29 is 13.2 Å². The van der Waals surface area contributed by atoms with Crippen molar-refractivity contribution in [3.63, 3.8) is 0 Å². The first kappa shape index (κ1) is 21.2. The van der Waals surface area contributed by atoms with Crippen molar-refractivity contribution >= 4 is 39.5 Å². The average Bonchev–Trinajstić information content (AvgIpc) is 3.46. The first-order valence-corrected chi connectivity index (χ1v) is 11.8. The van der Waals surface area contributed by atoms with Crippen molar-refractivity contribution in [3.8, 4) is 0 Å². The molecule has 1 amide bonds. The summed E-state index contributed by atoms with van der Waals surface area (Å²) in [6.45, 7) is 4.87. The smallest absolute Gasteiger partial charge is 0.257 e. The highest BCUT2D eigenvalue weighted by molar-refractivity contribution is 7.89. The SMILES string of the molecule is CC(=O)Nc1ccc(S(=O)(=O)NNc2nc(N3CCCC3)nc(N3CCCC3)n2)cc1. The number of nitrogens with zero attached hydrogens (tertiary/aromatic N) is 5. The summed E-state index contributed by atoms with van der Waals surface area (Å²) in [4.78, 5) is 31.1. The molecule has 0 bridgehead atoms. The lowest BCUT2D eigenvalue weighted by Crippen LogP contribution is -2.32. The van der Waals surface area contributed by atoms with Crippen LogP contribution in [0.25, 0.3) is 0 Å². The van der Waals surface area contributed by atoms with E-state index in [0.29, 0.717) is 17.6 Å². The van der Waals surface area contributed by atoms with E-state index in [2.05, 4.69) is 40.3 Å². The van der Waals surface area contributed by atoms with Crippen LogP contribution >= 0.6 is 0 Å². The Bertz CT molecular complexity index is 998. The average molecular weight is 447 g/mol. The molecule has 2 aliphatic heterocycles. The first-order valence-electron chi connectivity index (χ1n) is 10.3. The zero-order chi connectivity index (χ0) is 21.8. The van der Waals surface area contributed by atoms with Crippen LogP contribution < -0.4 is 25.4 Å². The van der Waals surface area contributed by atoms with E-state index in [1.165, 1.54) is 31.2 Å². The molecule has 0 atom stereocenters. The molecule has 11 nitrogen and oxygen atoms in total. The summed E-state index contributed by atoms with van der Waals surface area (Å²) in [6, 6.07) is 5.87. The van der Waals surface area contributed by atoms with Crippen molar-refractivity contribution in [2.45, 2.75) is 37.5 Å². The van der Waals surface area contributed by atoms with Gasteiger partial charge in [-0.25, -0.2) is 8.42 Å². The van der Waals surface area contributed by atoms with Gasteiger partial charge in [-0.2, -0.15) is 15.0 Å². The highest BCUT2D eigenvalue weighted by atomic mass is 32.2. The maximum absolute atomic E-state index is 12.7. The van der Waals surface area contributed by atoms with Crippen LogP contribution in [0, 0.1) is 0 Å². The minimum Gasteiger partial charge on any atom is -0.341 e. The van der Waals surface area contributed by atoms with Gasteiger partial charge in [0.25, 0.3) is 10.0 Å². The summed E-state index contributed by atoms with van der Waals surface area (Å²) >= 11 is 0. The molecule has 1 aromatic carbocycles. The van der Waals surface area contributed by atoms with E-state index in [1.807, 2.05) is 0 Å². The van der Waals surface area contributed by atoms with Crippen molar-refractivity contribution in [3.05, 3.63) is 24.3 Å². The molecule has 0 aliphatic carbocycles. The molecule has 3 heterocycles. The Morgan fingerprint density at radius 2 is 1.39 bits per heavy atom. The standard InChI is InChI=1S/C19H26N8O3S/c1-14(28)20-15-6-8-16(9-7-15)31(29,30)25-24-17-21-18(26-10-2-3-11-26)23-19(22-17)27-12-4-5-13-27/h6-9,25H,2-5,10-13H2,1H3,(H,20,28)(H,21,22,23,24). The van der Waals surface area contributed by atoms with Gasteiger partial charge in [0.1, 0.15) is 0 Å². The number of nitrogens with one attached hydrogen (secondary N) is 3. The van der Waals surface area contributed by atoms with Crippen LogP contribution in [0.1, 0.15) is 32.6 Å². The van der Waals surface area contributed by atoms with Gasteiger partial charge >= 0.3 is 0 Å². The van der Waals surface area contributed by atoms with E-state index in [4.69, 9.17) is 0 Å². The molecule has 31 heavy (non-hydrogen) atoms. The molecule has 2 aliphatic rings. The van der Waals surface area contributed by atoms with Crippen molar-refractivity contribution in [1.82, 2.24) is 19.8 Å². The molecule has 0 radical (unpaired) electrons. The van der Waals surface area contributed by atoms with Crippen LogP contribution in [0.3, 0.4) is 0 Å². The molecule has 2 fully saturated rings. The lowest BCUT2D eigenvalue weighted by Gasteiger charge is -2.20. The summed E-state index contributed by atoms with van der Waals surface area (Å²) < 4.78 is 25.3. The van der Waals surface area contributed by atoms with Crippen molar-refractivity contribution in [1.29, 1.82) is 0 Å². The van der Waals surface area contributed by atoms with Gasteiger partial charge in [0.2, 0.25) is 23.8 Å². The van der Waals surface area contributed by atoms with Crippen LogP contribution in [0.2, 0.25) is 0 Å². The van der Waals surface area contributed by atoms with Gasteiger partial charge < -0.3 is 15.1 Å². The Balaban J connectivity index is 1.51. The predicted octanol–water partition coefficient (Wildman–Crippen LogP) is 1.34. The summed E-state index contributed by atoms with van der Waals surface area (Å²) in [7, 11) is -3.87. The van der Waals surface area contributed by atoms with E-state index < -0.39 is 10.0 Å². The van der Waals surface area contributed by atoms with Gasteiger partial charge in [0, 0.05) is 38.8 Å². The van der Waals surface area contributed by atoms with Crippen molar-refractivity contribution in [2.75, 3.05) is 46.7 Å². The molecular formula is C19H26N8O3S. The lowest BCUT2D eigenvalue weighted by atomic mass is 10.3. The van der Waals surface area contributed by atoms with E-state index in [0.717, 1.165) is 51.9 Å². The fourth-order valence-electron chi connectivity index (χ4n) is 3.62.